The number of carbonyl (C=O) groups excluding carboxylic acids is 1. The van der Waals surface area contributed by atoms with Gasteiger partial charge in [-0.2, -0.15) is 10.4 Å². The van der Waals surface area contributed by atoms with Gasteiger partial charge in [-0.25, -0.2) is 5.43 Å². The van der Waals surface area contributed by atoms with Crippen molar-refractivity contribution in [2.45, 2.75) is 0 Å². The summed E-state index contributed by atoms with van der Waals surface area (Å²) in [6.45, 7) is -0.222. The molecule has 0 heterocycles. The van der Waals surface area contributed by atoms with E-state index in [1.807, 2.05) is 6.07 Å². The molecule has 0 bridgehead atoms. The lowest BCUT2D eigenvalue weighted by atomic mass is 10.2. The summed E-state index contributed by atoms with van der Waals surface area (Å²) in [5.41, 5.74) is 3.43. The van der Waals surface area contributed by atoms with Crippen LogP contribution in [0.15, 0.2) is 41.5 Å². The standard InChI is InChI=1S/C19H19N3O5/c1-24-15-8-17(25-2)16(18(9-15)26-3)11-21-22-19(23)12-27-14-6-4-13(10-20)5-7-14/h4-9,11H,12H2,1-3H3,(H,22,23)/b21-11-. The fourth-order valence-corrected chi connectivity index (χ4v) is 2.14. The Balaban J connectivity index is 1.97. The van der Waals surface area contributed by atoms with Crippen LogP contribution in [0.3, 0.4) is 0 Å². The number of hydrogen-bond acceptors (Lipinski definition) is 7. The molecule has 0 unspecified atom stereocenters. The number of benzene rings is 2. The number of nitrogens with zero attached hydrogens (tertiary/aromatic N) is 2. The number of methoxy groups -OCH3 is 3. The number of nitrogens with one attached hydrogen (secondary N) is 1. The molecule has 27 heavy (non-hydrogen) atoms. The third-order valence-corrected chi connectivity index (χ3v) is 3.49. The van der Waals surface area contributed by atoms with Crippen LogP contribution in [0, 0.1) is 11.3 Å². The number of amides is 1. The van der Waals surface area contributed by atoms with E-state index in [1.54, 1.807) is 36.4 Å². The molecule has 1 amide bonds. The van der Waals surface area contributed by atoms with Gasteiger partial charge in [0.1, 0.15) is 23.0 Å². The van der Waals surface area contributed by atoms with Crippen molar-refractivity contribution in [1.29, 1.82) is 5.26 Å². The number of ether oxygens (including phenoxy) is 4. The molecule has 0 aromatic heterocycles. The van der Waals surface area contributed by atoms with Crippen LogP contribution in [0.5, 0.6) is 23.0 Å². The van der Waals surface area contributed by atoms with E-state index < -0.39 is 5.91 Å². The van der Waals surface area contributed by atoms with E-state index in [0.717, 1.165) is 0 Å². The Morgan fingerprint density at radius 1 is 1.07 bits per heavy atom. The highest BCUT2D eigenvalue weighted by molar-refractivity contribution is 5.89. The zero-order chi connectivity index (χ0) is 19.6. The average molecular weight is 369 g/mol. The second-order valence-corrected chi connectivity index (χ2v) is 5.16. The largest absolute Gasteiger partial charge is 0.496 e. The molecular formula is C19H19N3O5. The molecule has 0 atom stereocenters. The van der Waals surface area contributed by atoms with E-state index in [1.165, 1.54) is 27.5 Å². The lowest BCUT2D eigenvalue weighted by molar-refractivity contribution is -0.123. The van der Waals surface area contributed by atoms with Gasteiger partial charge < -0.3 is 18.9 Å². The minimum Gasteiger partial charge on any atom is -0.496 e. The van der Waals surface area contributed by atoms with Crippen molar-refractivity contribution in [3.05, 3.63) is 47.5 Å². The third-order valence-electron chi connectivity index (χ3n) is 3.49. The molecular weight excluding hydrogens is 350 g/mol. The number of rotatable bonds is 8. The monoisotopic (exact) mass is 369 g/mol. The van der Waals surface area contributed by atoms with Crippen LogP contribution in [-0.2, 0) is 4.79 Å². The topological polar surface area (TPSA) is 102 Å². The lowest BCUT2D eigenvalue weighted by Gasteiger charge is -2.12. The Morgan fingerprint density at radius 3 is 2.22 bits per heavy atom. The highest BCUT2D eigenvalue weighted by atomic mass is 16.5. The van der Waals surface area contributed by atoms with Crippen molar-refractivity contribution in [2.24, 2.45) is 5.10 Å². The van der Waals surface area contributed by atoms with Gasteiger partial charge in [-0.05, 0) is 24.3 Å². The van der Waals surface area contributed by atoms with Gasteiger partial charge in [0.15, 0.2) is 6.61 Å². The molecule has 0 aliphatic heterocycles. The Bertz CT molecular complexity index is 832. The predicted octanol–water partition coefficient (Wildman–Crippen LogP) is 2.11. The number of nitriles is 1. The van der Waals surface area contributed by atoms with E-state index in [0.29, 0.717) is 34.1 Å². The summed E-state index contributed by atoms with van der Waals surface area (Å²) in [5, 5.41) is 12.7. The second-order valence-electron chi connectivity index (χ2n) is 5.16. The van der Waals surface area contributed by atoms with Crippen LogP contribution in [0.4, 0.5) is 0 Å². The molecule has 0 saturated heterocycles. The van der Waals surface area contributed by atoms with Crippen molar-refractivity contribution in [2.75, 3.05) is 27.9 Å². The molecule has 140 valence electrons. The Labute approximate surface area is 156 Å². The summed E-state index contributed by atoms with van der Waals surface area (Å²) in [6, 6.07) is 11.8. The van der Waals surface area contributed by atoms with Crippen LogP contribution in [0.2, 0.25) is 0 Å². The van der Waals surface area contributed by atoms with Crippen molar-refractivity contribution >= 4 is 12.1 Å². The summed E-state index contributed by atoms with van der Waals surface area (Å²) in [5.74, 6) is 1.57. The van der Waals surface area contributed by atoms with Crippen LogP contribution in [0.25, 0.3) is 0 Å². The molecule has 2 aromatic rings. The summed E-state index contributed by atoms with van der Waals surface area (Å²) < 4.78 is 21.1. The van der Waals surface area contributed by atoms with Gasteiger partial charge in [-0.1, -0.05) is 0 Å². The Morgan fingerprint density at radius 2 is 1.70 bits per heavy atom. The summed E-state index contributed by atoms with van der Waals surface area (Å²) in [4.78, 5) is 11.9. The maximum Gasteiger partial charge on any atom is 0.277 e. The molecule has 0 spiro atoms. The first-order valence-corrected chi connectivity index (χ1v) is 7.86. The highest BCUT2D eigenvalue weighted by Crippen LogP contribution is 2.32. The molecule has 0 aliphatic rings. The van der Waals surface area contributed by atoms with Gasteiger partial charge >= 0.3 is 0 Å². The van der Waals surface area contributed by atoms with Gasteiger partial charge in [0.2, 0.25) is 0 Å². The molecule has 0 aliphatic carbocycles. The fraction of sp³-hybridized carbons (Fsp3) is 0.211. The fourth-order valence-electron chi connectivity index (χ4n) is 2.14. The van der Waals surface area contributed by atoms with Gasteiger partial charge in [0, 0.05) is 12.1 Å². The zero-order valence-corrected chi connectivity index (χ0v) is 15.2. The predicted molar refractivity (Wildman–Crippen MR) is 98.5 cm³/mol. The smallest absolute Gasteiger partial charge is 0.277 e. The molecule has 0 saturated carbocycles. The lowest BCUT2D eigenvalue weighted by Crippen LogP contribution is -2.24. The first-order chi connectivity index (χ1) is 13.1. The SMILES string of the molecule is COc1cc(OC)c(/C=N\NC(=O)COc2ccc(C#N)cc2)c(OC)c1. The van der Waals surface area contributed by atoms with E-state index in [9.17, 15) is 4.79 Å². The summed E-state index contributed by atoms with van der Waals surface area (Å²) in [6.07, 6.45) is 1.41. The minimum absolute atomic E-state index is 0.222. The molecule has 8 heteroatoms. The molecule has 2 aromatic carbocycles. The molecule has 1 N–H and O–H groups in total. The van der Waals surface area contributed by atoms with Crippen LogP contribution in [0.1, 0.15) is 11.1 Å². The highest BCUT2D eigenvalue weighted by Gasteiger charge is 2.11. The van der Waals surface area contributed by atoms with Crippen molar-refractivity contribution < 1.29 is 23.7 Å². The number of hydrogen-bond donors (Lipinski definition) is 1. The quantitative estimate of drug-likeness (QED) is 0.565. The maximum atomic E-state index is 11.9. The van der Waals surface area contributed by atoms with Gasteiger partial charge in [0.05, 0.1) is 44.7 Å². The molecule has 2 rings (SSSR count). The van der Waals surface area contributed by atoms with Crippen molar-refractivity contribution in [3.8, 4) is 29.1 Å². The summed E-state index contributed by atoms with van der Waals surface area (Å²) in [7, 11) is 4.56. The number of hydrazone groups is 1. The van der Waals surface area contributed by atoms with E-state index >= 15 is 0 Å². The van der Waals surface area contributed by atoms with Crippen LogP contribution in [-0.4, -0.2) is 40.1 Å². The average Bonchev–Trinajstić information content (AvgIpc) is 2.72. The second kappa shape index (κ2) is 9.68. The summed E-state index contributed by atoms with van der Waals surface area (Å²) >= 11 is 0. The van der Waals surface area contributed by atoms with Gasteiger partial charge in [-0.3, -0.25) is 4.79 Å². The maximum absolute atomic E-state index is 11.9. The first kappa shape index (κ1) is 19.6. The Hall–Kier alpha value is -3.73. The van der Waals surface area contributed by atoms with Crippen LogP contribution < -0.4 is 24.4 Å². The molecule has 8 nitrogen and oxygen atoms in total. The molecule has 0 fully saturated rings. The van der Waals surface area contributed by atoms with Crippen molar-refractivity contribution in [3.63, 3.8) is 0 Å². The van der Waals surface area contributed by atoms with Gasteiger partial charge in [-0.15, -0.1) is 0 Å². The zero-order valence-electron chi connectivity index (χ0n) is 15.2. The normalized spacial score (nSPS) is 10.1. The molecule has 0 radical (unpaired) electrons. The van der Waals surface area contributed by atoms with E-state index in [-0.39, 0.29) is 6.61 Å². The first-order valence-electron chi connectivity index (χ1n) is 7.86. The Kier molecular flexibility index (Phi) is 7.02. The van der Waals surface area contributed by atoms with Crippen LogP contribution >= 0.6 is 0 Å². The van der Waals surface area contributed by atoms with Gasteiger partial charge in [0.25, 0.3) is 5.91 Å². The van der Waals surface area contributed by atoms with E-state index in [2.05, 4.69) is 10.5 Å². The van der Waals surface area contributed by atoms with E-state index in [4.69, 9.17) is 24.2 Å². The van der Waals surface area contributed by atoms with Crippen molar-refractivity contribution in [1.82, 2.24) is 5.43 Å². The minimum atomic E-state index is -0.443. The number of carbonyl (C=O) groups is 1. The third kappa shape index (κ3) is 5.37.